The molecule has 0 aromatic rings. The highest BCUT2D eigenvalue weighted by Crippen LogP contribution is 2.15. The highest BCUT2D eigenvalue weighted by Gasteiger charge is 2.30. The van der Waals surface area contributed by atoms with Crippen molar-refractivity contribution >= 4 is 5.97 Å². The summed E-state index contributed by atoms with van der Waals surface area (Å²) in [4.78, 5) is 10.7. The summed E-state index contributed by atoms with van der Waals surface area (Å²) in [6.07, 6.45) is 0.693. The molecule has 4 heteroatoms. The number of ether oxygens (including phenoxy) is 1. The Kier molecular flexibility index (Phi) is 3.49. The Morgan fingerprint density at radius 1 is 1.75 bits per heavy atom. The molecule has 1 aliphatic heterocycles. The van der Waals surface area contributed by atoms with Crippen LogP contribution in [0.4, 0.5) is 0 Å². The predicted octanol–water partition coefficient (Wildman–Crippen LogP) is 0.0856. The fourth-order valence-corrected chi connectivity index (χ4v) is 1.49. The molecular formula is C8H15NO3. The van der Waals surface area contributed by atoms with E-state index in [1.165, 1.54) is 0 Å². The summed E-state index contributed by atoms with van der Waals surface area (Å²) in [5, 5.41) is 11.9. The van der Waals surface area contributed by atoms with Crippen molar-refractivity contribution in [1.82, 2.24) is 5.32 Å². The van der Waals surface area contributed by atoms with E-state index in [9.17, 15) is 4.79 Å². The van der Waals surface area contributed by atoms with Gasteiger partial charge < -0.3 is 15.2 Å². The Morgan fingerprint density at radius 2 is 2.50 bits per heavy atom. The molecule has 2 N–H and O–H groups in total. The van der Waals surface area contributed by atoms with E-state index in [0.29, 0.717) is 13.2 Å². The van der Waals surface area contributed by atoms with Crippen LogP contribution >= 0.6 is 0 Å². The van der Waals surface area contributed by atoms with E-state index in [4.69, 9.17) is 9.84 Å². The standard InChI is InChI=1S/C8H15NO3/c1-2-12-7-3-4-9-5-6(7)8(10)11/h6-7,9H,2-5H2,1H3,(H,10,11)/t6-,7?/m1/s1. The van der Waals surface area contributed by atoms with E-state index in [2.05, 4.69) is 5.32 Å². The van der Waals surface area contributed by atoms with Crippen LogP contribution in [0.25, 0.3) is 0 Å². The molecule has 1 saturated heterocycles. The van der Waals surface area contributed by atoms with E-state index >= 15 is 0 Å². The third kappa shape index (κ3) is 2.19. The summed E-state index contributed by atoms with van der Waals surface area (Å²) in [6, 6.07) is 0. The third-order valence-electron chi connectivity index (χ3n) is 2.12. The topological polar surface area (TPSA) is 58.6 Å². The van der Waals surface area contributed by atoms with Gasteiger partial charge in [-0.25, -0.2) is 0 Å². The van der Waals surface area contributed by atoms with Crippen molar-refractivity contribution in [2.75, 3.05) is 19.7 Å². The van der Waals surface area contributed by atoms with Gasteiger partial charge in [0.2, 0.25) is 0 Å². The van der Waals surface area contributed by atoms with Gasteiger partial charge in [0.25, 0.3) is 0 Å². The lowest BCUT2D eigenvalue weighted by molar-refractivity contribution is -0.148. The second-order valence-electron chi connectivity index (χ2n) is 2.93. The minimum atomic E-state index is -0.763. The lowest BCUT2D eigenvalue weighted by Gasteiger charge is -2.28. The van der Waals surface area contributed by atoms with Crippen LogP contribution in [0, 0.1) is 5.92 Å². The fraction of sp³-hybridized carbons (Fsp3) is 0.875. The van der Waals surface area contributed by atoms with Crippen molar-refractivity contribution in [1.29, 1.82) is 0 Å². The van der Waals surface area contributed by atoms with Crippen LogP contribution in [0.2, 0.25) is 0 Å². The molecule has 0 radical (unpaired) electrons. The predicted molar refractivity (Wildman–Crippen MR) is 44.0 cm³/mol. The van der Waals surface area contributed by atoms with Gasteiger partial charge in [-0.2, -0.15) is 0 Å². The maximum Gasteiger partial charge on any atom is 0.310 e. The second-order valence-corrected chi connectivity index (χ2v) is 2.93. The first-order valence-electron chi connectivity index (χ1n) is 4.30. The second kappa shape index (κ2) is 4.42. The number of rotatable bonds is 3. The van der Waals surface area contributed by atoms with Gasteiger partial charge in [-0.1, -0.05) is 0 Å². The Hall–Kier alpha value is -0.610. The molecule has 0 saturated carbocycles. The average Bonchev–Trinajstić information content (AvgIpc) is 2.05. The highest BCUT2D eigenvalue weighted by atomic mass is 16.5. The molecule has 0 aromatic heterocycles. The van der Waals surface area contributed by atoms with Gasteiger partial charge in [-0.05, 0) is 19.9 Å². The van der Waals surface area contributed by atoms with Gasteiger partial charge in [0.1, 0.15) is 0 Å². The van der Waals surface area contributed by atoms with Crippen LogP contribution in [0.1, 0.15) is 13.3 Å². The number of carboxylic acid groups (broad SMARTS) is 1. The summed E-state index contributed by atoms with van der Waals surface area (Å²) < 4.78 is 5.34. The monoisotopic (exact) mass is 173 g/mol. The maximum absolute atomic E-state index is 10.7. The first-order valence-corrected chi connectivity index (χ1v) is 4.30. The molecule has 0 aromatic carbocycles. The molecule has 1 fully saturated rings. The van der Waals surface area contributed by atoms with E-state index < -0.39 is 5.97 Å². The summed E-state index contributed by atoms with van der Waals surface area (Å²) in [5.41, 5.74) is 0. The van der Waals surface area contributed by atoms with Crippen LogP contribution in [0.5, 0.6) is 0 Å². The molecule has 1 heterocycles. The van der Waals surface area contributed by atoms with Gasteiger partial charge in [0.15, 0.2) is 0 Å². The molecular weight excluding hydrogens is 158 g/mol. The first kappa shape index (κ1) is 9.48. The van der Waals surface area contributed by atoms with Crippen molar-refractivity contribution in [2.45, 2.75) is 19.4 Å². The SMILES string of the molecule is CCOC1CCNC[C@H]1C(=O)O. The Labute approximate surface area is 71.9 Å². The molecule has 0 bridgehead atoms. The maximum atomic E-state index is 10.7. The smallest absolute Gasteiger partial charge is 0.310 e. The molecule has 12 heavy (non-hydrogen) atoms. The molecule has 4 nitrogen and oxygen atoms in total. The Bertz CT molecular complexity index is 158. The van der Waals surface area contributed by atoms with E-state index in [-0.39, 0.29) is 12.0 Å². The first-order chi connectivity index (χ1) is 5.75. The summed E-state index contributed by atoms with van der Waals surface area (Å²) in [7, 11) is 0. The lowest BCUT2D eigenvalue weighted by atomic mass is 9.96. The quantitative estimate of drug-likeness (QED) is 0.635. The molecule has 0 aliphatic carbocycles. The van der Waals surface area contributed by atoms with Crippen LogP contribution in [0.3, 0.4) is 0 Å². The number of carboxylic acids is 1. The zero-order chi connectivity index (χ0) is 8.97. The zero-order valence-corrected chi connectivity index (χ0v) is 7.25. The van der Waals surface area contributed by atoms with E-state index in [1.807, 2.05) is 6.92 Å². The van der Waals surface area contributed by atoms with Crippen LogP contribution in [-0.2, 0) is 9.53 Å². The number of piperidine rings is 1. The summed E-state index contributed by atoms with van der Waals surface area (Å²) in [6.45, 7) is 3.86. The van der Waals surface area contributed by atoms with Crippen molar-refractivity contribution in [3.8, 4) is 0 Å². The number of carbonyl (C=O) groups is 1. The zero-order valence-electron chi connectivity index (χ0n) is 7.25. The normalized spacial score (nSPS) is 30.1. The average molecular weight is 173 g/mol. The minimum absolute atomic E-state index is 0.103. The van der Waals surface area contributed by atoms with Crippen molar-refractivity contribution < 1.29 is 14.6 Å². The molecule has 0 spiro atoms. The fourth-order valence-electron chi connectivity index (χ4n) is 1.49. The van der Waals surface area contributed by atoms with Gasteiger partial charge in [0.05, 0.1) is 12.0 Å². The number of hydrogen-bond donors (Lipinski definition) is 2. The summed E-state index contributed by atoms with van der Waals surface area (Å²) in [5.74, 6) is -1.14. The molecule has 0 amide bonds. The van der Waals surface area contributed by atoms with Crippen molar-refractivity contribution in [2.24, 2.45) is 5.92 Å². The van der Waals surface area contributed by atoms with E-state index in [1.54, 1.807) is 0 Å². The number of aliphatic carboxylic acids is 1. The van der Waals surface area contributed by atoms with Crippen LogP contribution < -0.4 is 5.32 Å². The summed E-state index contributed by atoms with van der Waals surface area (Å²) >= 11 is 0. The highest BCUT2D eigenvalue weighted by molar-refractivity contribution is 5.71. The molecule has 2 atom stereocenters. The van der Waals surface area contributed by atoms with Crippen molar-refractivity contribution in [3.05, 3.63) is 0 Å². The van der Waals surface area contributed by atoms with Crippen LogP contribution in [0.15, 0.2) is 0 Å². The van der Waals surface area contributed by atoms with Gasteiger partial charge >= 0.3 is 5.97 Å². The Balaban J connectivity index is 2.48. The lowest BCUT2D eigenvalue weighted by Crippen LogP contribution is -2.45. The third-order valence-corrected chi connectivity index (χ3v) is 2.12. The molecule has 1 unspecified atom stereocenters. The molecule has 1 aliphatic rings. The van der Waals surface area contributed by atoms with Gasteiger partial charge in [0, 0.05) is 13.2 Å². The van der Waals surface area contributed by atoms with Gasteiger partial charge in [-0.15, -0.1) is 0 Å². The largest absolute Gasteiger partial charge is 0.481 e. The molecule has 1 rings (SSSR count). The van der Waals surface area contributed by atoms with Crippen molar-refractivity contribution in [3.63, 3.8) is 0 Å². The Morgan fingerprint density at radius 3 is 3.08 bits per heavy atom. The van der Waals surface area contributed by atoms with Gasteiger partial charge in [-0.3, -0.25) is 4.79 Å². The molecule has 70 valence electrons. The van der Waals surface area contributed by atoms with E-state index in [0.717, 1.165) is 13.0 Å². The number of nitrogens with one attached hydrogen (secondary N) is 1. The van der Waals surface area contributed by atoms with Crippen LogP contribution in [-0.4, -0.2) is 36.9 Å². The minimum Gasteiger partial charge on any atom is -0.481 e. The number of hydrogen-bond acceptors (Lipinski definition) is 3.